The summed E-state index contributed by atoms with van der Waals surface area (Å²) in [6.07, 6.45) is -2.68. The number of ether oxygens (including phenoxy) is 1. The first-order valence-corrected chi connectivity index (χ1v) is 5.36. The number of aliphatic imine (C=N–C) groups is 1. The van der Waals surface area contributed by atoms with Crippen LogP contribution in [0.5, 0.6) is 0 Å². The Labute approximate surface area is 106 Å². The number of amidine groups is 1. The van der Waals surface area contributed by atoms with E-state index >= 15 is 0 Å². The lowest BCUT2D eigenvalue weighted by Gasteiger charge is -2.30. The summed E-state index contributed by atoms with van der Waals surface area (Å²) in [6, 6.07) is 0. The predicted molar refractivity (Wildman–Crippen MR) is 59.1 cm³/mol. The topological polar surface area (TPSA) is 114 Å². The number of hydrogen-bond donors (Lipinski definition) is 2. The number of azide groups is 1. The van der Waals surface area contributed by atoms with Crippen LogP contribution in [0.1, 0.15) is 0 Å². The van der Waals surface area contributed by atoms with Gasteiger partial charge in [-0.2, -0.15) is 8.78 Å². The van der Waals surface area contributed by atoms with Gasteiger partial charge in [0.25, 0.3) is 0 Å². The Morgan fingerprint density at radius 3 is 2.89 bits per heavy atom. The van der Waals surface area contributed by atoms with Gasteiger partial charge in [0, 0.05) is 11.1 Å². The smallest absolute Gasteiger partial charge is 0.319 e. The summed E-state index contributed by atoms with van der Waals surface area (Å²) in [4.78, 5) is 7.34. The maximum Gasteiger partial charge on any atom is 0.319 e. The van der Waals surface area contributed by atoms with Crippen LogP contribution >= 0.6 is 0 Å². The molecule has 19 heavy (non-hydrogen) atoms. The quantitative estimate of drug-likeness (QED) is 0.425. The highest BCUT2D eigenvalue weighted by atomic mass is 19.3. The van der Waals surface area contributed by atoms with Crippen molar-refractivity contribution in [3.8, 4) is 0 Å². The predicted octanol–water partition coefficient (Wildman–Crippen LogP) is 0.195. The first-order valence-electron chi connectivity index (χ1n) is 5.36. The van der Waals surface area contributed by atoms with Crippen LogP contribution in [0.3, 0.4) is 0 Å². The van der Waals surface area contributed by atoms with Gasteiger partial charge in [-0.3, -0.25) is 4.99 Å². The molecule has 0 saturated carbocycles. The third-order valence-electron chi connectivity index (χ3n) is 2.82. The summed E-state index contributed by atoms with van der Waals surface area (Å²) < 4.78 is 32.5. The molecule has 8 nitrogen and oxygen atoms in total. The third kappa shape index (κ3) is 2.38. The van der Waals surface area contributed by atoms with Crippen molar-refractivity contribution < 1.29 is 23.7 Å². The number of hydrogen-bond acceptors (Lipinski definition) is 6. The molecule has 0 aromatic carbocycles. The van der Waals surface area contributed by atoms with E-state index in [1.54, 1.807) is 0 Å². The number of rotatable bonds is 2. The largest absolute Gasteiger partial charge is 0.394 e. The first-order chi connectivity index (χ1) is 9.00. The second kappa shape index (κ2) is 5.10. The summed E-state index contributed by atoms with van der Waals surface area (Å²) in [5.74, 6) is -3.47. The van der Waals surface area contributed by atoms with Crippen molar-refractivity contribution in [1.29, 1.82) is 0 Å². The molecular weight excluding hydrogens is 264 g/mol. The van der Waals surface area contributed by atoms with Crippen molar-refractivity contribution in [2.45, 2.75) is 24.4 Å². The van der Waals surface area contributed by atoms with E-state index in [0.717, 1.165) is 4.90 Å². The minimum absolute atomic E-state index is 0.0688. The van der Waals surface area contributed by atoms with Gasteiger partial charge in [0.15, 0.2) is 12.3 Å². The lowest BCUT2D eigenvalue weighted by Crippen LogP contribution is -2.48. The summed E-state index contributed by atoms with van der Waals surface area (Å²) in [5.41, 5.74) is 8.20. The molecule has 0 amide bonds. The minimum Gasteiger partial charge on any atom is -0.394 e. The monoisotopic (exact) mass is 275 g/mol. The average Bonchev–Trinajstić information content (AvgIpc) is 2.63. The fourth-order valence-corrected chi connectivity index (χ4v) is 1.85. The van der Waals surface area contributed by atoms with Gasteiger partial charge in [0.1, 0.15) is 18.6 Å². The number of alkyl halides is 2. The molecule has 2 aliphatic rings. The molecule has 10 heteroatoms. The fourth-order valence-electron chi connectivity index (χ4n) is 1.85. The van der Waals surface area contributed by atoms with E-state index in [1.165, 1.54) is 12.3 Å². The molecule has 0 bridgehead atoms. The molecule has 0 aromatic rings. The van der Waals surface area contributed by atoms with Crippen LogP contribution in [0.15, 0.2) is 22.4 Å². The molecular formula is C9H11F2N5O3. The molecule has 2 rings (SSSR count). The second-order valence-electron chi connectivity index (χ2n) is 4.01. The number of aliphatic hydroxyl groups excluding tert-OH is 2. The lowest BCUT2D eigenvalue weighted by molar-refractivity contribution is -0.155. The maximum absolute atomic E-state index is 13.8. The zero-order valence-electron chi connectivity index (χ0n) is 9.60. The van der Waals surface area contributed by atoms with Gasteiger partial charge in [-0.25, -0.2) is 0 Å². The van der Waals surface area contributed by atoms with Gasteiger partial charge >= 0.3 is 5.92 Å². The summed E-state index contributed by atoms with van der Waals surface area (Å²) in [6.45, 7) is -0.909. The van der Waals surface area contributed by atoms with E-state index in [1.807, 2.05) is 0 Å². The Morgan fingerprint density at radius 2 is 2.42 bits per heavy atom. The van der Waals surface area contributed by atoms with Crippen molar-refractivity contribution >= 4 is 5.84 Å². The third-order valence-corrected chi connectivity index (χ3v) is 2.82. The van der Waals surface area contributed by atoms with Crippen molar-refractivity contribution in [2.75, 3.05) is 13.3 Å². The molecule has 0 radical (unpaired) electrons. The average molecular weight is 275 g/mol. The van der Waals surface area contributed by atoms with E-state index < -0.39 is 31.0 Å². The van der Waals surface area contributed by atoms with E-state index in [0.29, 0.717) is 0 Å². The highest BCUT2D eigenvalue weighted by molar-refractivity contribution is 5.93. The molecule has 1 fully saturated rings. The molecule has 2 heterocycles. The molecule has 2 aliphatic heterocycles. The summed E-state index contributed by atoms with van der Waals surface area (Å²) in [7, 11) is 0. The van der Waals surface area contributed by atoms with Crippen LogP contribution in [-0.2, 0) is 4.74 Å². The zero-order valence-corrected chi connectivity index (χ0v) is 9.60. The molecule has 2 N–H and O–H groups in total. The Balaban J connectivity index is 2.12. The van der Waals surface area contributed by atoms with Crippen molar-refractivity contribution in [3.63, 3.8) is 0 Å². The number of aliphatic hydroxyl groups is 2. The lowest BCUT2D eigenvalue weighted by atomic mass is 10.1. The summed E-state index contributed by atoms with van der Waals surface area (Å²) in [5, 5.41) is 21.5. The van der Waals surface area contributed by atoms with Crippen LogP contribution in [0.2, 0.25) is 0 Å². The van der Waals surface area contributed by atoms with Gasteiger partial charge in [0.2, 0.25) is 0 Å². The number of nitrogens with zero attached hydrogens (tertiary/aromatic N) is 5. The first kappa shape index (κ1) is 13.7. The van der Waals surface area contributed by atoms with Crippen LogP contribution < -0.4 is 0 Å². The number of halogens is 2. The molecule has 0 aliphatic carbocycles. The van der Waals surface area contributed by atoms with Gasteiger partial charge < -0.3 is 19.8 Å². The standard InChI is InChI=1S/C9H11F2N5O3/c10-9(11)7(18)5(3-17)19-8(9)16-2-1-6(13-4-16)14-15-12/h1-2,5,7-8,17-18H,3-4H2/t5-,7-,8-/m1/s1. The highest BCUT2D eigenvalue weighted by Gasteiger charge is 2.60. The van der Waals surface area contributed by atoms with Crippen molar-refractivity contribution in [1.82, 2.24) is 4.90 Å². The Morgan fingerprint density at radius 1 is 1.68 bits per heavy atom. The SMILES string of the molecule is [N-]=[N+]=NC1=NCN([C@@H]2O[C@H](CO)[C@@H](O)C2(F)F)C=C1. The zero-order chi connectivity index (χ0) is 14.0. The van der Waals surface area contributed by atoms with E-state index in [-0.39, 0.29) is 12.5 Å². The van der Waals surface area contributed by atoms with E-state index in [9.17, 15) is 13.9 Å². The van der Waals surface area contributed by atoms with Gasteiger partial charge in [-0.05, 0) is 16.7 Å². The molecule has 1 saturated heterocycles. The molecule has 3 atom stereocenters. The van der Waals surface area contributed by atoms with Crippen LogP contribution in [0.25, 0.3) is 10.4 Å². The normalized spacial score (nSPS) is 32.9. The van der Waals surface area contributed by atoms with Crippen LogP contribution in [0, 0.1) is 0 Å². The Hall–Kier alpha value is -1.74. The Bertz CT molecular complexity index is 463. The minimum atomic E-state index is -3.54. The Kier molecular flexibility index (Phi) is 3.67. The van der Waals surface area contributed by atoms with Gasteiger partial charge in [-0.1, -0.05) is 0 Å². The highest BCUT2D eigenvalue weighted by Crippen LogP contribution is 2.38. The molecule has 0 aromatic heterocycles. The van der Waals surface area contributed by atoms with Crippen molar-refractivity contribution in [3.05, 3.63) is 22.7 Å². The fraction of sp³-hybridized carbons (Fsp3) is 0.667. The second-order valence-corrected chi connectivity index (χ2v) is 4.01. The molecule has 104 valence electrons. The van der Waals surface area contributed by atoms with Gasteiger partial charge in [0.05, 0.1) is 6.61 Å². The van der Waals surface area contributed by atoms with E-state index in [2.05, 4.69) is 15.0 Å². The van der Waals surface area contributed by atoms with Crippen molar-refractivity contribution in [2.24, 2.45) is 10.1 Å². The summed E-state index contributed by atoms with van der Waals surface area (Å²) >= 11 is 0. The molecule has 0 spiro atoms. The van der Waals surface area contributed by atoms with Crippen LogP contribution in [0.4, 0.5) is 8.78 Å². The van der Waals surface area contributed by atoms with Crippen LogP contribution in [-0.4, -0.2) is 58.6 Å². The molecule has 0 unspecified atom stereocenters. The maximum atomic E-state index is 13.8. The van der Waals surface area contributed by atoms with Gasteiger partial charge in [-0.15, -0.1) is 0 Å². The van der Waals surface area contributed by atoms with E-state index in [4.69, 9.17) is 15.4 Å².